The van der Waals surface area contributed by atoms with Crippen LogP contribution in [0.1, 0.15) is 26.7 Å². The highest BCUT2D eigenvalue weighted by atomic mass is 79.9. The maximum Gasteiger partial charge on any atom is 0.127 e. The molecular weight excluding hydrogens is 280 g/mol. The molecule has 4 heteroatoms. The van der Waals surface area contributed by atoms with Crippen LogP contribution in [0.2, 0.25) is 0 Å². The molecular formula is C13H19BrN2O. The fraction of sp³-hybridized carbons (Fsp3) is 0.615. The van der Waals surface area contributed by atoms with Gasteiger partial charge in [0.25, 0.3) is 0 Å². The topological polar surface area (TPSA) is 34.2 Å². The van der Waals surface area contributed by atoms with E-state index in [0.717, 1.165) is 29.8 Å². The number of pyridine rings is 1. The van der Waals surface area contributed by atoms with Gasteiger partial charge < -0.3 is 10.1 Å². The van der Waals surface area contributed by atoms with E-state index < -0.39 is 0 Å². The molecule has 1 aliphatic heterocycles. The van der Waals surface area contributed by atoms with Crippen molar-refractivity contribution < 1.29 is 4.74 Å². The molecule has 1 fully saturated rings. The summed E-state index contributed by atoms with van der Waals surface area (Å²) in [7, 11) is 0. The summed E-state index contributed by atoms with van der Waals surface area (Å²) in [5.41, 5.74) is 0. The lowest BCUT2D eigenvalue weighted by molar-refractivity contribution is -0.0495. The number of ether oxygens (including phenoxy) is 1. The summed E-state index contributed by atoms with van der Waals surface area (Å²) >= 11 is 3.38. The van der Waals surface area contributed by atoms with Gasteiger partial charge in [0.1, 0.15) is 10.4 Å². The Morgan fingerprint density at radius 3 is 2.71 bits per heavy atom. The molecule has 2 heterocycles. The fourth-order valence-corrected chi connectivity index (χ4v) is 2.81. The van der Waals surface area contributed by atoms with Gasteiger partial charge in [-0.15, -0.1) is 0 Å². The maximum absolute atomic E-state index is 5.74. The minimum Gasteiger partial charge on any atom is -0.376 e. The van der Waals surface area contributed by atoms with Crippen LogP contribution in [-0.2, 0) is 4.74 Å². The summed E-state index contributed by atoms with van der Waals surface area (Å²) in [5.74, 6) is 1.61. The van der Waals surface area contributed by atoms with Crippen molar-refractivity contribution >= 4 is 21.7 Å². The minimum absolute atomic E-state index is 0.376. The first-order valence-corrected chi connectivity index (χ1v) is 6.94. The van der Waals surface area contributed by atoms with Crippen LogP contribution in [0.25, 0.3) is 0 Å². The number of nitrogens with zero attached hydrogens (tertiary/aromatic N) is 1. The van der Waals surface area contributed by atoms with Gasteiger partial charge in [0.2, 0.25) is 0 Å². The van der Waals surface area contributed by atoms with Crippen LogP contribution in [0.5, 0.6) is 0 Å². The van der Waals surface area contributed by atoms with Gasteiger partial charge in [0.15, 0.2) is 0 Å². The lowest BCUT2D eigenvalue weighted by Crippen LogP contribution is -2.32. The van der Waals surface area contributed by atoms with Gasteiger partial charge >= 0.3 is 0 Å². The molecule has 2 unspecified atom stereocenters. The third kappa shape index (κ3) is 3.96. The lowest BCUT2D eigenvalue weighted by atomic mass is 9.92. The van der Waals surface area contributed by atoms with E-state index in [1.54, 1.807) is 0 Å². The smallest absolute Gasteiger partial charge is 0.127 e. The van der Waals surface area contributed by atoms with Gasteiger partial charge in [0.05, 0.1) is 12.2 Å². The van der Waals surface area contributed by atoms with E-state index in [-0.39, 0.29) is 0 Å². The standard InChI is InChI=1S/C13H19BrN2O/c1-9-6-11(7-10(2)17-9)8-15-13-5-3-4-12(14)16-13/h3-5,9-11H,6-8H2,1-2H3,(H,15,16). The maximum atomic E-state index is 5.74. The highest BCUT2D eigenvalue weighted by Gasteiger charge is 2.24. The van der Waals surface area contributed by atoms with E-state index in [0.29, 0.717) is 18.1 Å². The molecule has 94 valence electrons. The SMILES string of the molecule is CC1CC(CNc2cccc(Br)n2)CC(C)O1. The van der Waals surface area contributed by atoms with Crippen molar-refractivity contribution in [2.24, 2.45) is 5.92 Å². The Morgan fingerprint density at radius 2 is 2.06 bits per heavy atom. The summed E-state index contributed by atoms with van der Waals surface area (Å²) in [6.45, 7) is 5.28. The summed E-state index contributed by atoms with van der Waals surface area (Å²) in [6, 6.07) is 5.93. The highest BCUT2D eigenvalue weighted by molar-refractivity contribution is 9.10. The van der Waals surface area contributed by atoms with Gasteiger partial charge in [-0.2, -0.15) is 0 Å². The molecule has 1 aromatic rings. The first-order valence-electron chi connectivity index (χ1n) is 6.15. The Kier molecular flexibility index (Phi) is 4.40. The second-order valence-electron chi connectivity index (χ2n) is 4.82. The zero-order valence-corrected chi connectivity index (χ0v) is 11.9. The summed E-state index contributed by atoms with van der Waals surface area (Å²) < 4.78 is 6.61. The zero-order chi connectivity index (χ0) is 12.3. The number of rotatable bonds is 3. The Labute approximate surface area is 111 Å². The fourth-order valence-electron chi connectivity index (χ4n) is 2.47. The van der Waals surface area contributed by atoms with Crippen LogP contribution in [-0.4, -0.2) is 23.7 Å². The van der Waals surface area contributed by atoms with Crippen LogP contribution in [0.3, 0.4) is 0 Å². The van der Waals surface area contributed by atoms with Crippen molar-refractivity contribution in [1.29, 1.82) is 0 Å². The van der Waals surface area contributed by atoms with Crippen molar-refractivity contribution in [3.8, 4) is 0 Å². The van der Waals surface area contributed by atoms with Crippen molar-refractivity contribution in [3.05, 3.63) is 22.8 Å². The lowest BCUT2D eigenvalue weighted by Gasteiger charge is -2.32. The predicted molar refractivity (Wildman–Crippen MR) is 73.2 cm³/mol. The first-order chi connectivity index (χ1) is 8.13. The second kappa shape index (κ2) is 5.83. The van der Waals surface area contributed by atoms with Gasteiger partial charge in [-0.3, -0.25) is 0 Å². The number of hydrogen-bond acceptors (Lipinski definition) is 3. The van der Waals surface area contributed by atoms with E-state index in [9.17, 15) is 0 Å². The van der Waals surface area contributed by atoms with Gasteiger partial charge in [0, 0.05) is 6.54 Å². The Balaban J connectivity index is 1.85. The molecule has 1 saturated heterocycles. The average Bonchev–Trinajstić information content (AvgIpc) is 2.25. The molecule has 17 heavy (non-hydrogen) atoms. The molecule has 0 saturated carbocycles. The summed E-state index contributed by atoms with van der Waals surface area (Å²) in [6.07, 6.45) is 3.01. The second-order valence-corrected chi connectivity index (χ2v) is 5.63. The van der Waals surface area contributed by atoms with Crippen LogP contribution >= 0.6 is 15.9 Å². The number of halogens is 1. The molecule has 0 bridgehead atoms. The van der Waals surface area contributed by atoms with Gasteiger partial charge in [-0.25, -0.2) is 4.98 Å². The first kappa shape index (κ1) is 12.8. The molecule has 2 atom stereocenters. The number of hydrogen-bond donors (Lipinski definition) is 1. The van der Waals surface area contributed by atoms with Crippen molar-refractivity contribution in [3.63, 3.8) is 0 Å². The average molecular weight is 299 g/mol. The molecule has 0 amide bonds. The Morgan fingerprint density at radius 1 is 1.35 bits per heavy atom. The number of anilines is 1. The van der Waals surface area contributed by atoms with E-state index in [1.165, 1.54) is 0 Å². The molecule has 0 aromatic carbocycles. The van der Waals surface area contributed by atoms with Crippen LogP contribution in [0, 0.1) is 5.92 Å². The van der Waals surface area contributed by atoms with E-state index in [4.69, 9.17) is 4.74 Å². The van der Waals surface area contributed by atoms with Crippen molar-refractivity contribution in [1.82, 2.24) is 4.98 Å². The third-order valence-electron chi connectivity index (χ3n) is 3.08. The van der Waals surface area contributed by atoms with E-state index >= 15 is 0 Å². The Hall–Kier alpha value is -0.610. The van der Waals surface area contributed by atoms with Crippen LogP contribution in [0.15, 0.2) is 22.8 Å². The molecule has 0 aliphatic carbocycles. The van der Waals surface area contributed by atoms with Gasteiger partial charge in [-0.05, 0) is 60.7 Å². The monoisotopic (exact) mass is 298 g/mol. The predicted octanol–water partition coefficient (Wildman–Crippen LogP) is 3.46. The van der Waals surface area contributed by atoms with E-state index in [2.05, 4.69) is 40.1 Å². The van der Waals surface area contributed by atoms with Crippen molar-refractivity contribution in [2.45, 2.75) is 38.9 Å². The molecule has 3 nitrogen and oxygen atoms in total. The zero-order valence-electron chi connectivity index (χ0n) is 10.3. The summed E-state index contributed by atoms with van der Waals surface area (Å²) in [5, 5.41) is 3.40. The van der Waals surface area contributed by atoms with Gasteiger partial charge in [-0.1, -0.05) is 6.07 Å². The third-order valence-corrected chi connectivity index (χ3v) is 3.52. The highest BCUT2D eigenvalue weighted by Crippen LogP contribution is 2.24. The number of nitrogens with one attached hydrogen (secondary N) is 1. The van der Waals surface area contributed by atoms with Crippen molar-refractivity contribution in [2.75, 3.05) is 11.9 Å². The molecule has 2 rings (SSSR count). The molecule has 0 radical (unpaired) electrons. The molecule has 1 aliphatic rings. The molecule has 1 N–H and O–H groups in total. The van der Waals surface area contributed by atoms with Crippen LogP contribution in [0.4, 0.5) is 5.82 Å². The Bertz CT molecular complexity index is 362. The molecule has 1 aromatic heterocycles. The normalized spacial score (nSPS) is 29.0. The van der Waals surface area contributed by atoms with Crippen LogP contribution < -0.4 is 5.32 Å². The van der Waals surface area contributed by atoms with E-state index in [1.807, 2.05) is 18.2 Å². The molecule has 0 spiro atoms. The number of aromatic nitrogens is 1. The largest absolute Gasteiger partial charge is 0.376 e. The quantitative estimate of drug-likeness (QED) is 0.868. The summed E-state index contributed by atoms with van der Waals surface area (Å²) in [4.78, 5) is 4.37. The minimum atomic E-state index is 0.376.